The molecule has 3 aromatic rings. The highest BCUT2D eigenvalue weighted by Crippen LogP contribution is 2.40. The number of hydrogen-bond acceptors (Lipinski definition) is 10. The molecule has 3 fully saturated rings. The molecule has 0 radical (unpaired) electrons. The molecule has 1 aromatic heterocycles. The molecule has 0 aliphatic carbocycles. The monoisotopic (exact) mass is 810 g/mol. The standard InChI is InChI=1S/C38H38ClF3N8O5S/c1-4-21-13-25(50-36(56)49(35(54)37(50,2)3)26-17-28(38(40,41)42)30(18-43)44-19-26)5-7-31(21)55-27-9-11-48(12-10-27)20-33(52)46-24-15-22(39)14-23(16-24)45-29-6-8-32(51)47-34(29)53/h5,7,13-17,19,27,29,45H,4,6,8-12,20H2,1-3H3,(H,46,52)(H,47,51,53). The third kappa shape index (κ3) is 8.57. The molecular weight excluding hydrogens is 773 g/mol. The number of anilines is 4. The van der Waals surface area contributed by atoms with E-state index >= 15 is 0 Å². The highest BCUT2D eigenvalue weighted by molar-refractivity contribution is 7.81. The number of thiocarbonyl (C=S) groups is 1. The highest BCUT2D eigenvalue weighted by Gasteiger charge is 2.51. The largest absolute Gasteiger partial charge is 0.490 e. The number of imide groups is 1. The van der Waals surface area contributed by atoms with Crippen molar-refractivity contribution in [1.29, 1.82) is 5.26 Å². The van der Waals surface area contributed by atoms with Crippen molar-refractivity contribution in [1.82, 2.24) is 15.2 Å². The Morgan fingerprint density at radius 3 is 2.46 bits per heavy atom. The topological polar surface area (TPSA) is 160 Å². The van der Waals surface area contributed by atoms with Crippen LogP contribution >= 0.6 is 23.8 Å². The van der Waals surface area contributed by atoms with Gasteiger partial charge in [-0.25, -0.2) is 4.98 Å². The van der Waals surface area contributed by atoms with E-state index in [0.29, 0.717) is 72.7 Å². The number of aryl methyl sites for hydroxylation is 1. The second kappa shape index (κ2) is 16.0. The fraction of sp³-hybridized carbons (Fsp3) is 0.395. The van der Waals surface area contributed by atoms with Crippen LogP contribution in [0.15, 0.2) is 48.7 Å². The summed E-state index contributed by atoms with van der Waals surface area (Å²) in [6.45, 7) is 6.55. The van der Waals surface area contributed by atoms with Crippen LogP contribution in [-0.4, -0.2) is 75.9 Å². The Labute approximate surface area is 331 Å². The van der Waals surface area contributed by atoms with E-state index in [1.165, 1.54) is 6.07 Å². The maximum absolute atomic E-state index is 13.7. The van der Waals surface area contributed by atoms with Crippen LogP contribution in [0.1, 0.15) is 63.3 Å². The fourth-order valence-corrected chi connectivity index (χ4v) is 7.74. The molecule has 3 N–H and O–H groups in total. The molecule has 3 aliphatic rings. The molecule has 4 heterocycles. The Morgan fingerprint density at radius 2 is 1.80 bits per heavy atom. The summed E-state index contributed by atoms with van der Waals surface area (Å²) in [7, 11) is 0. The average Bonchev–Trinajstić information content (AvgIpc) is 3.31. The number of alkyl halides is 3. The minimum absolute atomic E-state index is 0.0357. The molecule has 56 heavy (non-hydrogen) atoms. The fourth-order valence-electron chi connectivity index (χ4n) is 6.98. The van der Waals surface area contributed by atoms with Crippen LogP contribution < -0.4 is 30.5 Å². The molecule has 0 saturated carbocycles. The third-order valence-electron chi connectivity index (χ3n) is 9.85. The molecule has 3 aliphatic heterocycles. The second-order valence-corrected chi connectivity index (χ2v) is 15.0. The number of rotatable bonds is 10. The summed E-state index contributed by atoms with van der Waals surface area (Å²) in [5.41, 5.74) is -1.15. The summed E-state index contributed by atoms with van der Waals surface area (Å²) < 4.78 is 47.6. The van der Waals surface area contributed by atoms with Gasteiger partial charge in [0.25, 0.3) is 5.91 Å². The number of amides is 4. The number of nitriles is 1. The van der Waals surface area contributed by atoms with Gasteiger partial charge >= 0.3 is 6.18 Å². The molecule has 13 nitrogen and oxygen atoms in total. The summed E-state index contributed by atoms with van der Waals surface area (Å²) in [6.07, 6.45) is -1.52. The number of hydrogen-bond donors (Lipinski definition) is 3. The van der Waals surface area contributed by atoms with Crippen LogP contribution in [0.2, 0.25) is 5.02 Å². The summed E-state index contributed by atoms with van der Waals surface area (Å²) >= 11 is 12.0. The van der Waals surface area contributed by atoms with E-state index in [4.69, 9.17) is 33.8 Å². The van der Waals surface area contributed by atoms with E-state index in [2.05, 4.69) is 20.9 Å². The van der Waals surface area contributed by atoms with Crippen LogP contribution in [-0.2, 0) is 31.8 Å². The first-order valence-electron chi connectivity index (χ1n) is 17.9. The lowest BCUT2D eigenvalue weighted by molar-refractivity contribution is -0.138. The van der Waals surface area contributed by atoms with Crippen molar-refractivity contribution in [2.45, 2.75) is 76.7 Å². The van der Waals surface area contributed by atoms with E-state index in [0.717, 1.165) is 16.7 Å². The minimum atomic E-state index is -4.87. The molecule has 18 heteroatoms. The Balaban J connectivity index is 1.06. The van der Waals surface area contributed by atoms with Gasteiger partial charge in [0.2, 0.25) is 17.7 Å². The van der Waals surface area contributed by atoms with E-state index in [9.17, 15) is 32.3 Å². The molecule has 6 rings (SSSR count). The zero-order valence-electron chi connectivity index (χ0n) is 30.6. The number of halogens is 4. The van der Waals surface area contributed by atoms with Gasteiger partial charge in [0.1, 0.15) is 29.5 Å². The Morgan fingerprint density at radius 1 is 1.09 bits per heavy atom. The number of pyridine rings is 1. The summed E-state index contributed by atoms with van der Waals surface area (Å²) in [4.78, 5) is 58.6. The number of likely N-dealkylation sites (tertiary alicyclic amines) is 1. The Hall–Kier alpha value is -5.31. The van der Waals surface area contributed by atoms with Crippen molar-refractivity contribution >= 4 is 75.3 Å². The maximum Gasteiger partial charge on any atom is 0.419 e. The summed E-state index contributed by atoms with van der Waals surface area (Å²) in [6, 6.07) is 11.9. The maximum atomic E-state index is 13.7. The zero-order valence-corrected chi connectivity index (χ0v) is 32.2. The van der Waals surface area contributed by atoms with Crippen molar-refractivity contribution < 1.29 is 37.1 Å². The molecular formula is C38H38ClF3N8O5S. The molecule has 2 aromatic carbocycles. The lowest BCUT2D eigenvalue weighted by Crippen LogP contribution is -2.47. The zero-order chi connectivity index (χ0) is 40.5. The first kappa shape index (κ1) is 40.4. The minimum Gasteiger partial charge on any atom is -0.490 e. The second-order valence-electron chi connectivity index (χ2n) is 14.2. The van der Waals surface area contributed by atoms with Gasteiger partial charge in [0.05, 0.1) is 24.0 Å². The van der Waals surface area contributed by atoms with Crippen LogP contribution in [0.25, 0.3) is 0 Å². The summed E-state index contributed by atoms with van der Waals surface area (Å²) in [5, 5.41) is 17.7. The molecule has 0 spiro atoms. The van der Waals surface area contributed by atoms with Gasteiger partial charge in [-0.3, -0.25) is 34.3 Å². The number of benzene rings is 2. The van der Waals surface area contributed by atoms with Crippen molar-refractivity contribution in [3.63, 3.8) is 0 Å². The molecule has 3 saturated heterocycles. The molecule has 4 amide bonds. The van der Waals surface area contributed by atoms with Crippen LogP contribution in [0.5, 0.6) is 5.75 Å². The van der Waals surface area contributed by atoms with Crippen molar-refractivity contribution in [2.24, 2.45) is 0 Å². The number of carbonyl (C=O) groups is 4. The number of ether oxygens (including phenoxy) is 1. The van der Waals surface area contributed by atoms with E-state index in [-0.39, 0.29) is 41.7 Å². The van der Waals surface area contributed by atoms with Crippen molar-refractivity contribution in [2.75, 3.05) is 40.1 Å². The van der Waals surface area contributed by atoms with Gasteiger partial charge < -0.3 is 20.3 Å². The lowest BCUT2D eigenvalue weighted by atomic mass is 10.0. The molecule has 294 valence electrons. The molecule has 1 atom stereocenters. The predicted molar refractivity (Wildman–Crippen MR) is 206 cm³/mol. The van der Waals surface area contributed by atoms with Gasteiger partial charge in [0.15, 0.2) is 10.8 Å². The summed E-state index contributed by atoms with van der Waals surface area (Å²) in [5.74, 6) is -0.883. The number of nitrogens with zero attached hydrogens (tertiary/aromatic N) is 5. The number of aromatic nitrogens is 1. The van der Waals surface area contributed by atoms with Crippen LogP contribution in [0.3, 0.4) is 0 Å². The van der Waals surface area contributed by atoms with Gasteiger partial charge in [-0.15, -0.1) is 0 Å². The van der Waals surface area contributed by atoms with Crippen molar-refractivity contribution in [3.05, 3.63) is 70.5 Å². The first-order chi connectivity index (χ1) is 26.5. The molecule has 1 unspecified atom stereocenters. The Bertz CT molecular complexity index is 2140. The lowest BCUT2D eigenvalue weighted by Gasteiger charge is -2.33. The van der Waals surface area contributed by atoms with Gasteiger partial charge in [-0.2, -0.15) is 18.4 Å². The van der Waals surface area contributed by atoms with E-state index in [1.807, 2.05) is 17.9 Å². The molecule has 0 bridgehead atoms. The van der Waals surface area contributed by atoms with Gasteiger partial charge in [-0.05, 0) is 99.8 Å². The first-order valence-corrected chi connectivity index (χ1v) is 18.7. The number of piperidine rings is 2. The smallest absolute Gasteiger partial charge is 0.419 e. The number of carbonyl (C=O) groups excluding carboxylic acids is 4. The Kier molecular flexibility index (Phi) is 11.6. The van der Waals surface area contributed by atoms with Crippen molar-refractivity contribution in [3.8, 4) is 11.8 Å². The number of nitrogens with one attached hydrogen (secondary N) is 3. The normalized spacial score (nSPS) is 19.1. The van der Waals surface area contributed by atoms with E-state index < -0.39 is 40.8 Å². The predicted octanol–water partition coefficient (Wildman–Crippen LogP) is 5.80. The van der Waals surface area contributed by atoms with Crippen LogP contribution in [0, 0.1) is 11.3 Å². The van der Waals surface area contributed by atoms with E-state index in [1.54, 1.807) is 49.1 Å². The average molecular weight is 811 g/mol. The van der Waals surface area contributed by atoms with Gasteiger partial charge in [-0.1, -0.05) is 18.5 Å². The van der Waals surface area contributed by atoms with Crippen LogP contribution in [0.4, 0.5) is 35.9 Å². The highest BCUT2D eigenvalue weighted by atomic mass is 35.5. The third-order valence-corrected chi connectivity index (χ3v) is 10.4. The quantitative estimate of drug-likeness (QED) is 0.168. The SMILES string of the molecule is CCc1cc(N2C(=S)N(c3cnc(C#N)c(C(F)(F)F)c3)C(=O)C2(C)C)ccc1OC1CCN(CC(=O)Nc2cc(Cl)cc(NC3CCC(=O)NC3=O)c2)CC1. The van der Waals surface area contributed by atoms with Gasteiger partial charge in [0, 0.05) is 41.6 Å².